The molecule has 22 heavy (non-hydrogen) atoms. The van der Waals surface area contributed by atoms with E-state index < -0.39 is 22.0 Å². The van der Waals surface area contributed by atoms with Crippen molar-refractivity contribution >= 4 is 15.9 Å². The van der Waals surface area contributed by atoms with Crippen molar-refractivity contribution in [3.8, 4) is 0 Å². The predicted octanol–water partition coefficient (Wildman–Crippen LogP) is 1.81. The van der Waals surface area contributed by atoms with Crippen molar-refractivity contribution in [1.82, 2.24) is 4.72 Å². The first-order chi connectivity index (χ1) is 10.3. The molecule has 0 saturated carbocycles. The molecular formula is C16H18N2O3S. The van der Waals surface area contributed by atoms with Crippen molar-refractivity contribution in [3.05, 3.63) is 65.2 Å². The van der Waals surface area contributed by atoms with Gasteiger partial charge in [-0.1, -0.05) is 42.5 Å². The van der Waals surface area contributed by atoms with Crippen LogP contribution in [0.4, 0.5) is 0 Å². The summed E-state index contributed by atoms with van der Waals surface area (Å²) in [5.74, 6) is -0.750. The van der Waals surface area contributed by atoms with Gasteiger partial charge in [-0.2, -0.15) is 4.72 Å². The standard InChI is InChI=1S/C16H18N2O3S/c1-11-8-9-12(2)14(10-11)22(20,21)18-15(16(17)19)13-6-4-3-5-7-13/h3-10,15,18H,1-2H3,(H2,17,19)/t15-/m1/s1. The van der Waals surface area contributed by atoms with Crippen LogP contribution in [0.25, 0.3) is 0 Å². The first kappa shape index (κ1) is 16.2. The third-order valence-corrected chi connectivity index (χ3v) is 4.89. The molecule has 2 aromatic rings. The van der Waals surface area contributed by atoms with Crippen LogP contribution < -0.4 is 10.5 Å². The molecule has 2 rings (SSSR count). The maximum absolute atomic E-state index is 12.6. The molecule has 5 nitrogen and oxygen atoms in total. The topological polar surface area (TPSA) is 89.3 Å². The zero-order valence-electron chi connectivity index (χ0n) is 12.4. The maximum atomic E-state index is 12.6. The highest BCUT2D eigenvalue weighted by Gasteiger charge is 2.26. The van der Waals surface area contributed by atoms with Crippen LogP contribution >= 0.6 is 0 Å². The third-order valence-electron chi connectivity index (χ3n) is 3.32. The number of sulfonamides is 1. The Bertz CT molecular complexity index is 786. The Morgan fingerprint density at radius 3 is 2.32 bits per heavy atom. The fourth-order valence-electron chi connectivity index (χ4n) is 2.15. The molecule has 1 atom stereocenters. The maximum Gasteiger partial charge on any atom is 0.241 e. The van der Waals surface area contributed by atoms with Gasteiger partial charge in [-0.15, -0.1) is 0 Å². The number of amides is 1. The summed E-state index contributed by atoms with van der Waals surface area (Å²) in [4.78, 5) is 11.8. The molecule has 6 heteroatoms. The Morgan fingerprint density at radius 2 is 1.73 bits per heavy atom. The number of carbonyl (C=O) groups is 1. The zero-order valence-corrected chi connectivity index (χ0v) is 13.2. The average Bonchev–Trinajstić information content (AvgIpc) is 2.48. The molecule has 0 unspecified atom stereocenters. The van der Waals surface area contributed by atoms with Gasteiger partial charge in [0.1, 0.15) is 6.04 Å². The Labute approximate surface area is 130 Å². The molecule has 0 aliphatic rings. The molecule has 0 spiro atoms. The molecule has 0 heterocycles. The van der Waals surface area contributed by atoms with Gasteiger partial charge < -0.3 is 5.73 Å². The molecule has 0 radical (unpaired) electrons. The lowest BCUT2D eigenvalue weighted by molar-refractivity contribution is -0.119. The highest BCUT2D eigenvalue weighted by atomic mass is 32.2. The summed E-state index contributed by atoms with van der Waals surface area (Å²) < 4.78 is 27.5. The number of carbonyl (C=O) groups excluding carboxylic acids is 1. The Balaban J connectivity index is 2.41. The second-order valence-electron chi connectivity index (χ2n) is 5.14. The molecule has 0 aliphatic carbocycles. The number of hydrogen-bond donors (Lipinski definition) is 2. The molecule has 0 saturated heterocycles. The molecule has 0 aromatic heterocycles. The second kappa shape index (κ2) is 6.29. The van der Waals surface area contributed by atoms with Crippen LogP contribution in [0, 0.1) is 13.8 Å². The molecule has 116 valence electrons. The van der Waals surface area contributed by atoms with Crippen LogP contribution in [-0.2, 0) is 14.8 Å². The van der Waals surface area contributed by atoms with Gasteiger partial charge in [0.2, 0.25) is 15.9 Å². The quantitative estimate of drug-likeness (QED) is 0.881. The van der Waals surface area contributed by atoms with Crippen LogP contribution in [0.2, 0.25) is 0 Å². The summed E-state index contributed by atoms with van der Waals surface area (Å²) in [7, 11) is -3.86. The number of benzene rings is 2. The fourth-order valence-corrected chi connectivity index (χ4v) is 3.67. The van der Waals surface area contributed by atoms with E-state index in [2.05, 4.69) is 4.72 Å². The number of primary amides is 1. The minimum Gasteiger partial charge on any atom is -0.368 e. The van der Waals surface area contributed by atoms with Crippen molar-refractivity contribution in [2.75, 3.05) is 0 Å². The molecule has 0 aliphatic heterocycles. The molecular weight excluding hydrogens is 300 g/mol. The normalized spacial score (nSPS) is 12.8. The fraction of sp³-hybridized carbons (Fsp3) is 0.188. The van der Waals surface area contributed by atoms with Gasteiger partial charge in [0.25, 0.3) is 0 Å². The minimum absolute atomic E-state index is 0.148. The summed E-state index contributed by atoms with van der Waals surface area (Å²) in [5.41, 5.74) is 7.29. The van der Waals surface area contributed by atoms with E-state index in [1.165, 1.54) is 0 Å². The van der Waals surface area contributed by atoms with Crippen molar-refractivity contribution in [2.45, 2.75) is 24.8 Å². The van der Waals surface area contributed by atoms with E-state index in [0.717, 1.165) is 5.56 Å². The first-order valence-electron chi connectivity index (χ1n) is 6.75. The Kier molecular flexibility index (Phi) is 4.63. The van der Waals surface area contributed by atoms with E-state index in [4.69, 9.17) is 5.73 Å². The van der Waals surface area contributed by atoms with Crippen molar-refractivity contribution in [3.63, 3.8) is 0 Å². The first-order valence-corrected chi connectivity index (χ1v) is 8.23. The van der Waals surface area contributed by atoms with Crippen LogP contribution in [0.1, 0.15) is 22.7 Å². The van der Waals surface area contributed by atoms with Crippen LogP contribution in [-0.4, -0.2) is 14.3 Å². The van der Waals surface area contributed by atoms with Crippen LogP contribution in [0.15, 0.2) is 53.4 Å². The number of hydrogen-bond acceptors (Lipinski definition) is 3. The lowest BCUT2D eigenvalue weighted by Crippen LogP contribution is -2.37. The van der Waals surface area contributed by atoms with Gasteiger partial charge in [0.05, 0.1) is 4.90 Å². The monoisotopic (exact) mass is 318 g/mol. The van der Waals surface area contributed by atoms with E-state index in [9.17, 15) is 13.2 Å². The molecule has 2 aromatic carbocycles. The van der Waals surface area contributed by atoms with Crippen LogP contribution in [0.5, 0.6) is 0 Å². The summed E-state index contributed by atoms with van der Waals surface area (Å²) in [6.45, 7) is 3.51. The molecule has 0 bridgehead atoms. The molecule has 0 fully saturated rings. The zero-order chi connectivity index (χ0) is 16.3. The van der Waals surface area contributed by atoms with Crippen molar-refractivity contribution in [1.29, 1.82) is 0 Å². The average molecular weight is 318 g/mol. The lowest BCUT2D eigenvalue weighted by atomic mass is 10.1. The number of nitrogens with two attached hydrogens (primary N) is 1. The summed E-state index contributed by atoms with van der Waals surface area (Å²) in [6, 6.07) is 12.5. The van der Waals surface area contributed by atoms with Crippen molar-refractivity contribution < 1.29 is 13.2 Å². The summed E-state index contributed by atoms with van der Waals surface area (Å²) in [6.07, 6.45) is 0. The Morgan fingerprint density at radius 1 is 1.09 bits per heavy atom. The van der Waals surface area contributed by atoms with Gasteiger partial charge in [-0.05, 0) is 36.6 Å². The lowest BCUT2D eigenvalue weighted by Gasteiger charge is -2.17. The molecule has 3 N–H and O–H groups in total. The van der Waals surface area contributed by atoms with E-state index in [-0.39, 0.29) is 4.90 Å². The highest BCUT2D eigenvalue weighted by Crippen LogP contribution is 2.20. The smallest absolute Gasteiger partial charge is 0.241 e. The summed E-state index contributed by atoms with van der Waals surface area (Å²) >= 11 is 0. The number of rotatable bonds is 5. The summed E-state index contributed by atoms with van der Waals surface area (Å²) in [5, 5.41) is 0. The minimum atomic E-state index is -3.86. The van der Waals surface area contributed by atoms with Gasteiger partial charge in [-0.25, -0.2) is 8.42 Å². The largest absolute Gasteiger partial charge is 0.368 e. The van der Waals surface area contributed by atoms with Gasteiger partial charge >= 0.3 is 0 Å². The van der Waals surface area contributed by atoms with Crippen molar-refractivity contribution in [2.24, 2.45) is 5.73 Å². The Hall–Kier alpha value is -2.18. The van der Waals surface area contributed by atoms with Gasteiger partial charge in [0.15, 0.2) is 0 Å². The van der Waals surface area contributed by atoms with Gasteiger partial charge in [0, 0.05) is 0 Å². The molecule has 1 amide bonds. The number of nitrogens with one attached hydrogen (secondary N) is 1. The third kappa shape index (κ3) is 3.52. The van der Waals surface area contributed by atoms with E-state index >= 15 is 0 Å². The predicted molar refractivity (Wildman–Crippen MR) is 84.6 cm³/mol. The van der Waals surface area contributed by atoms with Gasteiger partial charge in [-0.3, -0.25) is 4.79 Å². The highest BCUT2D eigenvalue weighted by molar-refractivity contribution is 7.89. The van der Waals surface area contributed by atoms with Crippen LogP contribution in [0.3, 0.4) is 0 Å². The van der Waals surface area contributed by atoms with E-state index in [0.29, 0.717) is 11.1 Å². The van der Waals surface area contributed by atoms with E-state index in [1.54, 1.807) is 56.3 Å². The SMILES string of the molecule is Cc1ccc(C)c(S(=O)(=O)N[C@@H](C(N)=O)c2ccccc2)c1. The van der Waals surface area contributed by atoms with E-state index in [1.807, 2.05) is 6.07 Å². The number of aryl methyl sites for hydroxylation is 2. The second-order valence-corrected chi connectivity index (χ2v) is 6.82.